The Bertz CT molecular complexity index is 819. The summed E-state index contributed by atoms with van der Waals surface area (Å²) in [7, 11) is 2.17. The highest BCUT2D eigenvalue weighted by Gasteiger charge is 2.31. The van der Waals surface area contributed by atoms with E-state index in [1.54, 1.807) is 12.4 Å². The quantitative estimate of drug-likeness (QED) is 0.770. The van der Waals surface area contributed by atoms with Crippen LogP contribution >= 0.6 is 0 Å². The molecule has 0 radical (unpaired) electrons. The normalized spacial score (nSPS) is 21.6. The van der Waals surface area contributed by atoms with E-state index in [1.165, 1.54) is 5.56 Å². The lowest BCUT2D eigenvalue weighted by molar-refractivity contribution is -0.0615. The predicted molar refractivity (Wildman–Crippen MR) is 96.2 cm³/mol. The van der Waals surface area contributed by atoms with Gasteiger partial charge in [-0.25, -0.2) is 4.98 Å². The molecule has 1 fully saturated rings. The average Bonchev–Trinajstić information content (AvgIpc) is 3.06. The first kappa shape index (κ1) is 16.2. The molecule has 6 nitrogen and oxygen atoms in total. The van der Waals surface area contributed by atoms with Crippen LogP contribution in [0.4, 0.5) is 0 Å². The van der Waals surface area contributed by atoms with Crippen LogP contribution in [0.25, 0.3) is 5.65 Å². The molecule has 0 aliphatic carbocycles. The number of morpholine rings is 1. The molecule has 1 aliphatic rings. The average molecular weight is 337 g/mol. The molecular weight excluding hydrogens is 314 g/mol. The molecule has 6 heteroatoms. The lowest BCUT2D eigenvalue weighted by Gasteiger charge is -2.39. The van der Waals surface area contributed by atoms with Crippen molar-refractivity contribution >= 4 is 5.65 Å². The van der Waals surface area contributed by atoms with E-state index in [1.807, 2.05) is 12.4 Å². The first-order valence-corrected chi connectivity index (χ1v) is 8.66. The van der Waals surface area contributed by atoms with E-state index in [4.69, 9.17) is 4.74 Å². The van der Waals surface area contributed by atoms with Gasteiger partial charge in [0.15, 0.2) is 5.65 Å². The molecule has 2 aromatic heterocycles. The molecule has 130 valence electrons. The molecule has 25 heavy (non-hydrogen) atoms. The van der Waals surface area contributed by atoms with Crippen LogP contribution in [0.2, 0.25) is 0 Å². The third-order valence-corrected chi connectivity index (χ3v) is 4.79. The largest absolute Gasteiger partial charge is 0.374 e. The van der Waals surface area contributed by atoms with Gasteiger partial charge in [0, 0.05) is 32.0 Å². The van der Waals surface area contributed by atoms with Crippen molar-refractivity contribution in [2.24, 2.45) is 0 Å². The van der Waals surface area contributed by atoms with Crippen molar-refractivity contribution in [1.82, 2.24) is 24.6 Å². The van der Waals surface area contributed by atoms with Crippen LogP contribution in [0.15, 0.2) is 55.1 Å². The first-order valence-electron chi connectivity index (χ1n) is 8.66. The maximum absolute atomic E-state index is 6.09. The number of nitrogens with zero attached hydrogens (tertiary/aromatic N) is 4. The number of nitrogens with one attached hydrogen (secondary N) is 1. The summed E-state index contributed by atoms with van der Waals surface area (Å²) in [5.41, 5.74) is 3.30. The van der Waals surface area contributed by atoms with E-state index < -0.39 is 0 Å². The molecule has 3 heterocycles. The Morgan fingerprint density at radius 3 is 3.00 bits per heavy atom. The van der Waals surface area contributed by atoms with Crippen LogP contribution in [0.5, 0.6) is 0 Å². The van der Waals surface area contributed by atoms with Crippen LogP contribution in [-0.2, 0) is 11.3 Å². The number of aromatic nitrogens is 3. The van der Waals surface area contributed by atoms with Gasteiger partial charge in [0.25, 0.3) is 0 Å². The molecule has 3 aromatic rings. The van der Waals surface area contributed by atoms with Gasteiger partial charge < -0.3 is 10.1 Å². The summed E-state index contributed by atoms with van der Waals surface area (Å²) in [6, 6.07) is 10.9. The van der Waals surface area contributed by atoms with Crippen molar-refractivity contribution in [1.29, 1.82) is 0 Å². The minimum atomic E-state index is 0.127. The Morgan fingerprint density at radius 2 is 2.12 bits per heavy atom. The first-order chi connectivity index (χ1) is 12.3. The molecule has 0 unspecified atom stereocenters. The number of likely N-dealkylation sites (N-methyl/N-ethyl adjacent to an activating group) is 1. The highest BCUT2D eigenvalue weighted by Crippen LogP contribution is 2.27. The monoisotopic (exact) mass is 337 g/mol. The lowest BCUT2D eigenvalue weighted by atomic mass is 9.98. The Morgan fingerprint density at radius 1 is 1.24 bits per heavy atom. The number of hydrogen-bond donors (Lipinski definition) is 1. The Balaban J connectivity index is 1.44. The molecule has 0 amide bonds. The number of fused-ring (bicyclic) bond motifs is 1. The molecule has 0 saturated carbocycles. The van der Waals surface area contributed by atoms with E-state index in [9.17, 15) is 0 Å². The summed E-state index contributed by atoms with van der Waals surface area (Å²) in [5, 5.41) is 3.54. The highest BCUT2D eigenvalue weighted by molar-refractivity contribution is 5.36. The van der Waals surface area contributed by atoms with E-state index in [0.29, 0.717) is 0 Å². The summed E-state index contributed by atoms with van der Waals surface area (Å²) >= 11 is 0. The van der Waals surface area contributed by atoms with E-state index in [-0.39, 0.29) is 12.1 Å². The van der Waals surface area contributed by atoms with Crippen LogP contribution in [0.1, 0.15) is 17.3 Å². The van der Waals surface area contributed by atoms with E-state index >= 15 is 0 Å². The van der Waals surface area contributed by atoms with E-state index in [2.05, 4.69) is 62.0 Å². The summed E-state index contributed by atoms with van der Waals surface area (Å²) in [5.74, 6) is 0. The fraction of sp³-hybridized carbons (Fsp3) is 0.368. The Hall–Kier alpha value is -2.28. The summed E-state index contributed by atoms with van der Waals surface area (Å²) in [6.07, 6.45) is 7.52. The third-order valence-electron chi connectivity index (χ3n) is 4.79. The van der Waals surface area contributed by atoms with Crippen molar-refractivity contribution in [3.05, 3.63) is 66.4 Å². The maximum atomic E-state index is 6.09. The topological polar surface area (TPSA) is 54.7 Å². The van der Waals surface area contributed by atoms with Crippen molar-refractivity contribution in [3.8, 4) is 0 Å². The predicted octanol–water partition coefficient (Wildman–Crippen LogP) is 1.89. The molecule has 4 rings (SSSR count). The van der Waals surface area contributed by atoms with Crippen LogP contribution < -0.4 is 5.32 Å². The van der Waals surface area contributed by atoms with Crippen LogP contribution in [0.3, 0.4) is 0 Å². The fourth-order valence-corrected chi connectivity index (χ4v) is 3.52. The van der Waals surface area contributed by atoms with Crippen molar-refractivity contribution in [2.75, 3.05) is 26.7 Å². The smallest absolute Gasteiger partial charge is 0.155 e. The minimum Gasteiger partial charge on any atom is -0.374 e. The van der Waals surface area contributed by atoms with Gasteiger partial charge in [-0.05, 0) is 12.6 Å². The van der Waals surface area contributed by atoms with Gasteiger partial charge in [0.1, 0.15) is 0 Å². The molecule has 1 aromatic carbocycles. The molecule has 1 saturated heterocycles. The lowest BCUT2D eigenvalue weighted by Crippen LogP contribution is -2.47. The summed E-state index contributed by atoms with van der Waals surface area (Å²) in [6.45, 7) is 3.27. The zero-order chi connectivity index (χ0) is 17.1. The fourth-order valence-electron chi connectivity index (χ4n) is 3.52. The van der Waals surface area contributed by atoms with Crippen LogP contribution in [-0.4, -0.2) is 52.1 Å². The Labute approximate surface area is 147 Å². The van der Waals surface area contributed by atoms with Gasteiger partial charge in [0.05, 0.1) is 36.8 Å². The van der Waals surface area contributed by atoms with Gasteiger partial charge in [-0.15, -0.1) is 0 Å². The van der Waals surface area contributed by atoms with Gasteiger partial charge in [0.2, 0.25) is 0 Å². The number of imidazole rings is 1. The van der Waals surface area contributed by atoms with Crippen molar-refractivity contribution < 1.29 is 4.74 Å². The van der Waals surface area contributed by atoms with Crippen molar-refractivity contribution in [2.45, 2.75) is 18.7 Å². The molecule has 1 aliphatic heterocycles. The molecular formula is C19H23N5O. The minimum absolute atomic E-state index is 0.127. The number of ether oxygens (including phenoxy) is 1. The summed E-state index contributed by atoms with van der Waals surface area (Å²) in [4.78, 5) is 10.9. The van der Waals surface area contributed by atoms with Crippen molar-refractivity contribution in [3.63, 3.8) is 0 Å². The van der Waals surface area contributed by atoms with Gasteiger partial charge in [-0.3, -0.25) is 14.3 Å². The number of rotatable bonds is 5. The second-order valence-electron chi connectivity index (χ2n) is 6.43. The molecule has 1 N–H and O–H groups in total. The third kappa shape index (κ3) is 3.42. The number of benzene rings is 1. The molecule has 2 atom stereocenters. The second-order valence-corrected chi connectivity index (χ2v) is 6.43. The zero-order valence-electron chi connectivity index (χ0n) is 14.4. The molecule has 0 spiro atoms. The van der Waals surface area contributed by atoms with Gasteiger partial charge in [-0.2, -0.15) is 0 Å². The zero-order valence-corrected chi connectivity index (χ0v) is 14.4. The van der Waals surface area contributed by atoms with E-state index in [0.717, 1.165) is 37.6 Å². The number of hydrogen-bond acceptors (Lipinski definition) is 5. The maximum Gasteiger partial charge on any atom is 0.155 e. The van der Waals surface area contributed by atoms with Gasteiger partial charge in [-0.1, -0.05) is 30.3 Å². The second kappa shape index (κ2) is 7.31. The SMILES string of the molecule is CN1CCO[C@@H](CNCc2cnc3cnccn23)[C@@H]1c1ccccc1. The Kier molecular flexibility index (Phi) is 4.74. The van der Waals surface area contributed by atoms with Crippen LogP contribution in [0, 0.1) is 0 Å². The standard InChI is InChI=1S/C19H23N5O/c1-23-9-10-25-17(19(23)15-5-3-2-4-6-15)13-21-11-16-12-22-18-14-20-7-8-24(16)18/h2-8,12,14,17,19,21H,9-11,13H2,1H3/t17-,19-/m0/s1. The highest BCUT2D eigenvalue weighted by atomic mass is 16.5. The molecule has 0 bridgehead atoms. The van der Waals surface area contributed by atoms with Gasteiger partial charge >= 0.3 is 0 Å². The summed E-state index contributed by atoms with van der Waals surface area (Å²) < 4.78 is 8.14.